The van der Waals surface area contributed by atoms with Crippen LogP contribution in [0.3, 0.4) is 0 Å². The molecule has 55 heavy (non-hydrogen) atoms. The number of fused-ring (bicyclic) bond motifs is 3. The van der Waals surface area contributed by atoms with Crippen LogP contribution in [0.5, 0.6) is 0 Å². The second-order valence-corrected chi connectivity index (χ2v) is 14.4. The molecule has 0 unspecified atom stereocenters. The number of aromatic nitrogens is 4. The molecule has 0 aliphatic heterocycles. The maximum atomic E-state index is 14.3. The van der Waals surface area contributed by atoms with Gasteiger partial charge >= 0.3 is 12.4 Å². The standard InChI is InChI=1S/C45H32F6N4/c1-43(2,3)30-18-20-35-34-16-10-11-17-38(34)55(39(35)25-30)33-19-21-36(37(26-33)29-22-31(44(46,47)48)24-32(23-29)45(49,50)51)42-53-40(27-12-6-4-7-13-27)52-41(54-42)28-14-8-5-9-15-28/h4-26H,1-3H3. The first-order valence-electron chi connectivity index (χ1n) is 17.5. The van der Waals surface area contributed by atoms with Crippen LogP contribution < -0.4 is 0 Å². The van der Waals surface area contributed by atoms with Crippen LogP contribution in [0.2, 0.25) is 0 Å². The van der Waals surface area contributed by atoms with E-state index in [0.29, 0.717) is 16.8 Å². The third-order valence-corrected chi connectivity index (χ3v) is 9.64. The lowest BCUT2D eigenvalue weighted by Crippen LogP contribution is -2.11. The molecule has 0 atom stereocenters. The molecule has 0 fully saturated rings. The number of hydrogen-bond acceptors (Lipinski definition) is 3. The lowest BCUT2D eigenvalue weighted by molar-refractivity contribution is -0.143. The number of rotatable bonds is 5. The Morgan fingerprint density at radius 2 is 0.945 bits per heavy atom. The number of alkyl halides is 6. The first-order valence-corrected chi connectivity index (χ1v) is 17.5. The smallest absolute Gasteiger partial charge is 0.309 e. The minimum atomic E-state index is -5.06. The van der Waals surface area contributed by atoms with E-state index in [-0.39, 0.29) is 45.6 Å². The van der Waals surface area contributed by atoms with Crippen LogP contribution in [0.15, 0.2) is 140 Å². The third kappa shape index (κ3) is 6.84. The van der Waals surface area contributed by atoms with Gasteiger partial charge in [-0.1, -0.05) is 112 Å². The molecule has 0 N–H and O–H groups in total. The van der Waals surface area contributed by atoms with Gasteiger partial charge in [0.2, 0.25) is 0 Å². The average Bonchev–Trinajstić information content (AvgIpc) is 3.51. The van der Waals surface area contributed by atoms with Gasteiger partial charge in [0.15, 0.2) is 17.5 Å². The van der Waals surface area contributed by atoms with E-state index in [4.69, 9.17) is 15.0 Å². The highest BCUT2D eigenvalue weighted by Crippen LogP contribution is 2.43. The van der Waals surface area contributed by atoms with Gasteiger partial charge in [-0.05, 0) is 70.6 Å². The van der Waals surface area contributed by atoms with E-state index in [1.165, 1.54) is 0 Å². The van der Waals surface area contributed by atoms with Crippen LogP contribution in [0, 0.1) is 0 Å². The minimum absolute atomic E-state index is 0.0798. The monoisotopic (exact) mass is 742 g/mol. The number of para-hydroxylation sites is 1. The van der Waals surface area contributed by atoms with E-state index in [0.717, 1.165) is 39.5 Å². The molecular weight excluding hydrogens is 711 g/mol. The Hall–Kier alpha value is -6.29. The van der Waals surface area contributed by atoms with Gasteiger partial charge in [0, 0.05) is 33.2 Å². The lowest BCUT2D eigenvalue weighted by atomic mass is 9.86. The molecule has 0 saturated heterocycles. The van der Waals surface area contributed by atoms with Gasteiger partial charge in [-0.3, -0.25) is 0 Å². The first-order chi connectivity index (χ1) is 26.1. The van der Waals surface area contributed by atoms with E-state index in [1.807, 2.05) is 95.6 Å². The highest BCUT2D eigenvalue weighted by molar-refractivity contribution is 6.09. The van der Waals surface area contributed by atoms with E-state index in [9.17, 15) is 26.3 Å². The second-order valence-electron chi connectivity index (χ2n) is 14.4. The van der Waals surface area contributed by atoms with Gasteiger partial charge in [-0.2, -0.15) is 26.3 Å². The maximum absolute atomic E-state index is 14.3. The summed E-state index contributed by atoms with van der Waals surface area (Å²) >= 11 is 0. The second kappa shape index (κ2) is 13.2. The zero-order chi connectivity index (χ0) is 38.7. The fourth-order valence-corrected chi connectivity index (χ4v) is 6.86. The van der Waals surface area contributed by atoms with Crippen molar-refractivity contribution in [2.75, 3.05) is 0 Å². The zero-order valence-corrected chi connectivity index (χ0v) is 29.8. The Labute approximate surface area is 312 Å². The molecule has 8 rings (SSSR count). The van der Waals surface area contributed by atoms with Crippen LogP contribution >= 0.6 is 0 Å². The molecule has 0 spiro atoms. The van der Waals surface area contributed by atoms with Gasteiger partial charge in [0.05, 0.1) is 22.2 Å². The van der Waals surface area contributed by atoms with Crippen molar-refractivity contribution in [3.8, 4) is 51.0 Å². The van der Waals surface area contributed by atoms with Gasteiger partial charge in [-0.25, -0.2) is 15.0 Å². The van der Waals surface area contributed by atoms with Crippen molar-refractivity contribution in [2.45, 2.75) is 38.5 Å². The Morgan fingerprint density at radius 1 is 0.418 bits per heavy atom. The molecule has 0 amide bonds. The van der Waals surface area contributed by atoms with E-state index < -0.39 is 23.5 Å². The molecule has 6 aromatic carbocycles. The molecule has 0 bridgehead atoms. The average molecular weight is 743 g/mol. The Morgan fingerprint density at radius 3 is 1.51 bits per heavy atom. The Kier molecular flexibility index (Phi) is 8.59. The predicted molar refractivity (Wildman–Crippen MR) is 205 cm³/mol. The summed E-state index contributed by atoms with van der Waals surface area (Å²) in [6.45, 7) is 6.30. The summed E-state index contributed by atoms with van der Waals surface area (Å²) in [7, 11) is 0. The fraction of sp³-hybridized carbons (Fsp3) is 0.133. The highest BCUT2D eigenvalue weighted by atomic mass is 19.4. The largest absolute Gasteiger partial charge is 0.416 e. The summed E-state index contributed by atoms with van der Waals surface area (Å²) in [6, 6.07) is 38.9. The summed E-state index contributed by atoms with van der Waals surface area (Å²) in [6.07, 6.45) is -10.1. The van der Waals surface area contributed by atoms with Gasteiger partial charge in [0.1, 0.15) is 0 Å². The Bertz CT molecular complexity index is 2620. The Balaban J connectivity index is 1.46. The van der Waals surface area contributed by atoms with Crippen LogP contribution in [-0.2, 0) is 17.8 Å². The van der Waals surface area contributed by atoms with Crippen molar-refractivity contribution >= 4 is 21.8 Å². The van der Waals surface area contributed by atoms with Gasteiger partial charge in [0.25, 0.3) is 0 Å². The molecule has 2 aromatic heterocycles. The van der Waals surface area contributed by atoms with Crippen LogP contribution in [-0.4, -0.2) is 19.5 Å². The van der Waals surface area contributed by atoms with Crippen molar-refractivity contribution in [2.24, 2.45) is 0 Å². The molecule has 0 saturated carbocycles. The summed E-state index contributed by atoms with van der Waals surface area (Å²) in [5, 5.41) is 1.89. The molecule has 2 heterocycles. The SMILES string of the molecule is CC(C)(C)c1ccc2c3ccccc3n(-c3ccc(-c4nc(-c5ccccc5)nc(-c5ccccc5)n4)c(-c4cc(C(F)(F)F)cc(C(F)(F)F)c4)c3)c2c1. The molecule has 0 aliphatic rings. The topological polar surface area (TPSA) is 43.6 Å². The van der Waals surface area contributed by atoms with E-state index in [1.54, 1.807) is 18.2 Å². The van der Waals surface area contributed by atoms with Gasteiger partial charge in [-0.15, -0.1) is 0 Å². The summed E-state index contributed by atoms with van der Waals surface area (Å²) in [4.78, 5) is 14.3. The van der Waals surface area contributed by atoms with Crippen molar-refractivity contribution < 1.29 is 26.3 Å². The van der Waals surface area contributed by atoms with Gasteiger partial charge < -0.3 is 4.57 Å². The molecule has 274 valence electrons. The van der Waals surface area contributed by atoms with Crippen molar-refractivity contribution in [1.29, 1.82) is 0 Å². The molecule has 10 heteroatoms. The zero-order valence-electron chi connectivity index (χ0n) is 29.8. The van der Waals surface area contributed by atoms with Crippen LogP contribution in [0.1, 0.15) is 37.5 Å². The molecule has 4 nitrogen and oxygen atoms in total. The number of halogens is 6. The number of hydrogen-bond donors (Lipinski definition) is 0. The summed E-state index contributed by atoms with van der Waals surface area (Å²) < 4.78 is 88.0. The van der Waals surface area contributed by atoms with Crippen molar-refractivity contribution in [3.05, 3.63) is 156 Å². The number of nitrogens with zero attached hydrogens (tertiary/aromatic N) is 4. The van der Waals surface area contributed by atoms with Crippen LogP contribution in [0.4, 0.5) is 26.3 Å². The van der Waals surface area contributed by atoms with E-state index >= 15 is 0 Å². The van der Waals surface area contributed by atoms with Crippen molar-refractivity contribution in [1.82, 2.24) is 19.5 Å². The third-order valence-electron chi connectivity index (χ3n) is 9.64. The minimum Gasteiger partial charge on any atom is -0.309 e. The van der Waals surface area contributed by atoms with Crippen molar-refractivity contribution in [3.63, 3.8) is 0 Å². The molecule has 0 aliphatic carbocycles. The first kappa shape index (κ1) is 35.7. The lowest BCUT2D eigenvalue weighted by Gasteiger charge is -2.20. The molecular formula is C45H32F6N4. The fourth-order valence-electron chi connectivity index (χ4n) is 6.86. The normalized spacial score (nSPS) is 12.5. The van der Waals surface area contributed by atoms with Crippen LogP contribution in [0.25, 0.3) is 72.8 Å². The molecule has 0 radical (unpaired) electrons. The number of benzene rings is 6. The molecule has 8 aromatic rings. The highest BCUT2D eigenvalue weighted by Gasteiger charge is 2.37. The predicted octanol–water partition coefficient (Wildman–Crippen LogP) is 13.0. The maximum Gasteiger partial charge on any atom is 0.416 e. The summed E-state index contributed by atoms with van der Waals surface area (Å²) in [5.41, 5.74) is 1.51. The quantitative estimate of drug-likeness (QED) is 0.165. The summed E-state index contributed by atoms with van der Waals surface area (Å²) in [5.74, 6) is 0.658. The van der Waals surface area contributed by atoms with E-state index in [2.05, 4.69) is 32.9 Å².